The fraction of sp³-hybridized carbons (Fsp3) is 0.143. The van der Waals surface area contributed by atoms with E-state index in [0.717, 1.165) is 5.56 Å². The van der Waals surface area contributed by atoms with Gasteiger partial charge in [-0.05, 0) is 55.0 Å². The minimum Gasteiger partial charge on any atom is -0.497 e. The van der Waals surface area contributed by atoms with Crippen LogP contribution in [0.5, 0.6) is 5.75 Å². The number of rotatable bonds is 4. The van der Waals surface area contributed by atoms with Crippen LogP contribution in [0, 0.1) is 6.92 Å². The third-order valence-electron chi connectivity index (χ3n) is 2.78. The monoisotopic (exact) mass is 311 g/mol. The SMILES string of the molecule is COc1ccc(S(=O)(=O)Nc2ccc(Cl)c(C)c2)cc1. The Bertz CT molecular complexity index is 712. The number of sulfonamides is 1. The van der Waals surface area contributed by atoms with Gasteiger partial charge in [-0.2, -0.15) is 0 Å². The summed E-state index contributed by atoms with van der Waals surface area (Å²) in [4.78, 5) is 0.172. The summed E-state index contributed by atoms with van der Waals surface area (Å²) in [6, 6.07) is 11.1. The maximum Gasteiger partial charge on any atom is 0.261 e. The molecule has 0 aliphatic heterocycles. The molecule has 0 saturated carbocycles. The summed E-state index contributed by atoms with van der Waals surface area (Å²) < 4.78 is 31.9. The van der Waals surface area contributed by atoms with E-state index in [0.29, 0.717) is 16.5 Å². The first-order chi connectivity index (χ1) is 9.42. The lowest BCUT2D eigenvalue weighted by atomic mass is 10.2. The second-order valence-corrected chi connectivity index (χ2v) is 6.33. The fourth-order valence-electron chi connectivity index (χ4n) is 1.68. The largest absolute Gasteiger partial charge is 0.497 e. The second-order valence-electron chi connectivity index (χ2n) is 4.24. The zero-order valence-corrected chi connectivity index (χ0v) is 12.6. The van der Waals surface area contributed by atoms with Crippen molar-refractivity contribution in [2.45, 2.75) is 11.8 Å². The minimum atomic E-state index is -3.62. The first-order valence-electron chi connectivity index (χ1n) is 5.85. The molecule has 2 aromatic rings. The minimum absolute atomic E-state index is 0.172. The summed E-state index contributed by atoms with van der Waals surface area (Å²) in [6.45, 7) is 1.81. The second kappa shape index (κ2) is 5.73. The number of hydrogen-bond acceptors (Lipinski definition) is 3. The molecule has 0 bridgehead atoms. The van der Waals surface area contributed by atoms with E-state index in [4.69, 9.17) is 16.3 Å². The predicted molar refractivity (Wildman–Crippen MR) is 80.0 cm³/mol. The average molecular weight is 312 g/mol. The van der Waals surface area contributed by atoms with Crippen molar-refractivity contribution in [3.8, 4) is 5.75 Å². The van der Waals surface area contributed by atoms with Gasteiger partial charge in [0.2, 0.25) is 0 Å². The van der Waals surface area contributed by atoms with Crippen LogP contribution < -0.4 is 9.46 Å². The Morgan fingerprint density at radius 3 is 2.30 bits per heavy atom. The maximum absolute atomic E-state index is 12.2. The molecule has 0 heterocycles. The molecule has 0 aliphatic carbocycles. The molecule has 0 saturated heterocycles. The Kier molecular flexibility index (Phi) is 4.20. The van der Waals surface area contributed by atoms with Gasteiger partial charge in [-0.1, -0.05) is 11.6 Å². The van der Waals surface area contributed by atoms with Crippen molar-refractivity contribution in [1.82, 2.24) is 0 Å². The van der Waals surface area contributed by atoms with Gasteiger partial charge in [0.1, 0.15) is 5.75 Å². The highest BCUT2D eigenvalue weighted by molar-refractivity contribution is 7.92. The van der Waals surface area contributed by atoms with E-state index in [1.54, 1.807) is 30.3 Å². The van der Waals surface area contributed by atoms with Crippen LogP contribution in [0.15, 0.2) is 47.4 Å². The summed E-state index contributed by atoms with van der Waals surface area (Å²) in [5, 5.41) is 0.595. The predicted octanol–water partition coefficient (Wildman–Crippen LogP) is 3.46. The lowest BCUT2D eigenvalue weighted by Gasteiger charge is -2.09. The summed E-state index contributed by atoms with van der Waals surface area (Å²) in [6.07, 6.45) is 0. The van der Waals surface area contributed by atoms with Gasteiger partial charge in [-0.25, -0.2) is 8.42 Å². The third-order valence-corrected chi connectivity index (χ3v) is 4.60. The van der Waals surface area contributed by atoms with Crippen molar-refractivity contribution in [2.24, 2.45) is 0 Å². The molecule has 0 unspecified atom stereocenters. The van der Waals surface area contributed by atoms with Crippen molar-refractivity contribution < 1.29 is 13.2 Å². The Morgan fingerprint density at radius 2 is 1.75 bits per heavy atom. The Balaban J connectivity index is 2.27. The van der Waals surface area contributed by atoms with Crippen molar-refractivity contribution in [3.63, 3.8) is 0 Å². The van der Waals surface area contributed by atoms with Gasteiger partial charge in [-0.15, -0.1) is 0 Å². The van der Waals surface area contributed by atoms with E-state index in [-0.39, 0.29) is 4.90 Å². The molecule has 20 heavy (non-hydrogen) atoms. The van der Waals surface area contributed by atoms with Crippen molar-refractivity contribution in [1.29, 1.82) is 0 Å². The van der Waals surface area contributed by atoms with E-state index >= 15 is 0 Å². The molecule has 2 aromatic carbocycles. The molecule has 0 fully saturated rings. The van der Waals surface area contributed by atoms with Crippen LogP contribution in [0.4, 0.5) is 5.69 Å². The lowest BCUT2D eigenvalue weighted by Crippen LogP contribution is -2.12. The molecule has 0 radical (unpaired) electrons. The van der Waals surface area contributed by atoms with Gasteiger partial charge in [0.25, 0.3) is 10.0 Å². The zero-order chi connectivity index (χ0) is 14.8. The summed E-state index contributed by atoms with van der Waals surface area (Å²) >= 11 is 5.91. The van der Waals surface area contributed by atoms with Crippen LogP contribution in [0.25, 0.3) is 0 Å². The molecule has 0 spiro atoms. The van der Waals surface area contributed by atoms with E-state index in [1.165, 1.54) is 19.2 Å². The smallest absolute Gasteiger partial charge is 0.261 e. The quantitative estimate of drug-likeness (QED) is 0.940. The third kappa shape index (κ3) is 3.23. The number of nitrogens with one attached hydrogen (secondary N) is 1. The first kappa shape index (κ1) is 14.7. The van der Waals surface area contributed by atoms with E-state index in [9.17, 15) is 8.42 Å². The molecule has 0 aromatic heterocycles. The molecule has 6 heteroatoms. The number of ether oxygens (including phenoxy) is 1. The molecule has 0 aliphatic rings. The molecule has 2 rings (SSSR count). The molecule has 0 atom stereocenters. The highest BCUT2D eigenvalue weighted by atomic mass is 35.5. The molecular formula is C14H14ClNO3S. The fourth-order valence-corrected chi connectivity index (χ4v) is 2.84. The van der Waals surface area contributed by atoms with Gasteiger partial charge in [0, 0.05) is 10.7 Å². The summed E-state index contributed by atoms with van der Waals surface area (Å²) in [5.41, 5.74) is 1.28. The standard InChI is InChI=1S/C14H14ClNO3S/c1-10-9-11(3-8-14(10)15)16-20(17,18)13-6-4-12(19-2)5-7-13/h3-9,16H,1-2H3. The highest BCUT2D eigenvalue weighted by Gasteiger charge is 2.14. The summed E-state index contributed by atoms with van der Waals surface area (Å²) in [7, 11) is -2.09. The number of methoxy groups -OCH3 is 1. The van der Waals surface area contributed by atoms with Gasteiger partial charge < -0.3 is 4.74 Å². The van der Waals surface area contributed by atoms with Crippen molar-refractivity contribution >= 4 is 27.3 Å². The Hall–Kier alpha value is -1.72. The van der Waals surface area contributed by atoms with Crippen LogP contribution >= 0.6 is 11.6 Å². The molecule has 1 N–H and O–H groups in total. The van der Waals surface area contributed by atoms with E-state index in [1.807, 2.05) is 6.92 Å². The van der Waals surface area contributed by atoms with Crippen LogP contribution in [-0.4, -0.2) is 15.5 Å². The van der Waals surface area contributed by atoms with Gasteiger partial charge in [0.15, 0.2) is 0 Å². The molecule has 4 nitrogen and oxygen atoms in total. The van der Waals surface area contributed by atoms with E-state index in [2.05, 4.69) is 4.72 Å². The van der Waals surface area contributed by atoms with Gasteiger partial charge in [-0.3, -0.25) is 4.72 Å². The maximum atomic E-state index is 12.2. The molecular weight excluding hydrogens is 298 g/mol. The van der Waals surface area contributed by atoms with E-state index < -0.39 is 10.0 Å². The number of aryl methyl sites for hydroxylation is 1. The topological polar surface area (TPSA) is 55.4 Å². The molecule has 106 valence electrons. The lowest BCUT2D eigenvalue weighted by molar-refractivity contribution is 0.414. The van der Waals surface area contributed by atoms with Gasteiger partial charge in [0.05, 0.1) is 12.0 Å². The number of hydrogen-bond donors (Lipinski definition) is 1. The number of benzene rings is 2. The van der Waals surface area contributed by atoms with Gasteiger partial charge >= 0.3 is 0 Å². The zero-order valence-electron chi connectivity index (χ0n) is 11.1. The van der Waals surface area contributed by atoms with Crippen molar-refractivity contribution in [3.05, 3.63) is 53.1 Å². The number of halogens is 1. The van der Waals surface area contributed by atoms with Crippen LogP contribution in [0.2, 0.25) is 5.02 Å². The Labute approximate surface area is 123 Å². The average Bonchev–Trinajstić information content (AvgIpc) is 2.43. The van der Waals surface area contributed by atoms with Crippen LogP contribution in [0.1, 0.15) is 5.56 Å². The van der Waals surface area contributed by atoms with Crippen LogP contribution in [0.3, 0.4) is 0 Å². The Morgan fingerprint density at radius 1 is 1.10 bits per heavy atom. The first-order valence-corrected chi connectivity index (χ1v) is 7.71. The molecule has 0 amide bonds. The van der Waals surface area contributed by atoms with Crippen molar-refractivity contribution in [2.75, 3.05) is 11.8 Å². The normalized spacial score (nSPS) is 11.2. The number of anilines is 1. The highest BCUT2D eigenvalue weighted by Crippen LogP contribution is 2.23. The van der Waals surface area contributed by atoms with Crippen LogP contribution in [-0.2, 0) is 10.0 Å². The summed E-state index contributed by atoms with van der Waals surface area (Å²) in [5.74, 6) is 0.603.